The highest BCUT2D eigenvalue weighted by atomic mass is 32.1. The van der Waals surface area contributed by atoms with Crippen LogP contribution in [0.3, 0.4) is 0 Å². The Hall–Kier alpha value is -2.29. The van der Waals surface area contributed by atoms with Gasteiger partial charge in [-0.05, 0) is 86.2 Å². The van der Waals surface area contributed by atoms with Gasteiger partial charge in [0, 0.05) is 17.3 Å². The quantitative estimate of drug-likeness (QED) is 0.384. The smallest absolute Gasteiger partial charge is 0.229 e. The summed E-state index contributed by atoms with van der Waals surface area (Å²) in [5, 5.41) is 3.73. The van der Waals surface area contributed by atoms with Crippen LogP contribution in [0.5, 0.6) is 0 Å². The minimum absolute atomic E-state index is 0.0479. The van der Waals surface area contributed by atoms with Crippen molar-refractivity contribution in [2.45, 2.75) is 47.7 Å². The molecule has 0 fully saturated rings. The molecule has 0 unspecified atom stereocenters. The maximum absolute atomic E-state index is 14.4. The Morgan fingerprint density at radius 2 is 1.17 bits per heavy atom. The summed E-state index contributed by atoms with van der Waals surface area (Å²) in [4.78, 5) is 27.5. The SMILES string of the molecule is Cc1cc(C)c(C(=O)P(=O)(Cc2ccsc2)C(=O)c2c(C)cc(C)cc2C)c(C)c1. The molecule has 0 aliphatic carbocycles. The van der Waals surface area contributed by atoms with Gasteiger partial charge in [-0.15, -0.1) is 0 Å². The summed E-state index contributed by atoms with van der Waals surface area (Å²) in [5.41, 5.74) is 5.61. The average molecular weight is 439 g/mol. The van der Waals surface area contributed by atoms with E-state index < -0.39 is 18.2 Å². The van der Waals surface area contributed by atoms with Crippen LogP contribution < -0.4 is 0 Å². The number of hydrogen-bond acceptors (Lipinski definition) is 4. The Kier molecular flexibility index (Phi) is 6.31. The van der Waals surface area contributed by atoms with E-state index in [1.165, 1.54) is 11.3 Å². The minimum Gasteiger partial charge on any atom is -0.306 e. The molecule has 2 aromatic carbocycles. The Morgan fingerprint density at radius 3 is 1.50 bits per heavy atom. The summed E-state index contributed by atoms with van der Waals surface area (Å²) >= 11 is 1.47. The van der Waals surface area contributed by atoms with Gasteiger partial charge in [0.2, 0.25) is 18.2 Å². The van der Waals surface area contributed by atoms with Crippen molar-refractivity contribution in [3.05, 3.63) is 91.2 Å². The lowest BCUT2D eigenvalue weighted by Gasteiger charge is -2.21. The molecule has 0 radical (unpaired) electrons. The zero-order valence-electron chi connectivity index (χ0n) is 18.3. The summed E-state index contributed by atoms with van der Waals surface area (Å²) in [7, 11) is -3.94. The standard InChI is InChI=1S/C25H27O3PS/c1-15-9-17(3)22(18(4)10-15)24(26)29(28,13-21-7-8-30-14-21)25(27)23-19(5)11-16(2)12-20(23)6/h7-12,14H,13H2,1-6H3. The maximum Gasteiger partial charge on any atom is 0.229 e. The molecule has 0 aliphatic rings. The number of hydrogen-bond donors (Lipinski definition) is 0. The number of rotatable bonds is 6. The van der Waals surface area contributed by atoms with Crippen molar-refractivity contribution >= 4 is 29.5 Å². The van der Waals surface area contributed by atoms with E-state index in [0.717, 1.165) is 38.9 Å². The molecule has 0 saturated heterocycles. The molecule has 3 nitrogen and oxygen atoms in total. The molecular formula is C25H27O3PS. The first-order chi connectivity index (χ1) is 14.0. The first kappa shape index (κ1) is 22.4. The zero-order chi connectivity index (χ0) is 22.2. The number of carbonyl (C=O) groups is 2. The van der Waals surface area contributed by atoms with Gasteiger partial charge < -0.3 is 4.57 Å². The molecule has 3 rings (SSSR count). The van der Waals surface area contributed by atoms with Crippen molar-refractivity contribution < 1.29 is 14.2 Å². The van der Waals surface area contributed by atoms with Crippen molar-refractivity contribution in [2.24, 2.45) is 0 Å². The van der Waals surface area contributed by atoms with Gasteiger partial charge in [-0.1, -0.05) is 35.4 Å². The Labute approximate surface area is 182 Å². The fourth-order valence-electron chi connectivity index (χ4n) is 4.27. The van der Waals surface area contributed by atoms with E-state index in [0.29, 0.717) is 11.1 Å². The summed E-state index contributed by atoms with van der Waals surface area (Å²) in [5.74, 6) is 0. The van der Waals surface area contributed by atoms with Crippen LogP contribution in [0.15, 0.2) is 41.1 Å². The molecule has 0 spiro atoms. The maximum atomic E-state index is 14.4. The highest BCUT2D eigenvalue weighted by Crippen LogP contribution is 2.56. The van der Waals surface area contributed by atoms with E-state index in [1.54, 1.807) is 0 Å². The van der Waals surface area contributed by atoms with Crippen molar-refractivity contribution in [1.29, 1.82) is 0 Å². The Morgan fingerprint density at radius 1 is 0.767 bits per heavy atom. The van der Waals surface area contributed by atoms with Crippen LogP contribution in [0.4, 0.5) is 0 Å². The third-order valence-corrected chi connectivity index (χ3v) is 8.73. The number of aryl methyl sites for hydroxylation is 6. The molecule has 0 aliphatic heterocycles. The van der Waals surface area contributed by atoms with Crippen molar-refractivity contribution in [3.8, 4) is 0 Å². The van der Waals surface area contributed by atoms with Crippen LogP contribution in [-0.4, -0.2) is 11.0 Å². The molecule has 0 bridgehead atoms. The van der Waals surface area contributed by atoms with Crippen LogP contribution in [0.2, 0.25) is 0 Å². The van der Waals surface area contributed by atoms with Crippen LogP contribution in [0.1, 0.15) is 59.7 Å². The van der Waals surface area contributed by atoms with E-state index in [2.05, 4.69) is 0 Å². The molecule has 0 atom stereocenters. The molecule has 3 aromatic rings. The third-order valence-electron chi connectivity index (χ3n) is 5.42. The van der Waals surface area contributed by atoms with Crippen molar-refractivity contribution in [1.82, 2.24) is 0 Å². The topological polar surface area (TPSA) is 51.2 Å². The van der Waals surface area contributed by atoms with E-state index in [4.69, 9.17) is 0 Å². The molecule has 1 aromatic heterocycles. The zero-order valence-corrected chi connectivity index (χ0v) is 20.0. The molecule has 1 heterocycles. The van der Waals surface area contributed by atoms with Crippen molar-refractivity contribution in [2.75, 3.05) is 0 Å². The monoisotopic (exact) mass is 438 g/mol. The number of benzene rings is 2. The average Bonchev–Trinajstić information content (AvgIpc) is 3.12. The summed E-state index contributed by atoms with van der Waals surface area (Å²) in [6.45, 7) is 11.3. The van der Waals surface area contributed by atoms with Gasteiger partial charge in [0.25, 0.3) is 0 Å². The molecule has 0 amide bonds. The number of thiophene rings is 1. The van der Waals surface area contributed by atoms with Crippen LogP contribution in [-0.2, 0) is 10.7 Å². The van der Waals surface area contributed by atoms with Gasteiger partial charge in [-0.3, -0.25) is 9.59 Å². The largest absolute Gasteiger partial charge is 0.306 e. The first-order valence-corrected chi connectivity index (χ1v) is 12.7. The lowest BCUT2D eigenvalue weighted by molar-refractivity contribution is 0.103. The lowest BCUT2D eigenvalue weighted by atomic mass is 10.0. The molecule has 156 valence electrons. The Balaban J connectivity index is 2.22. The predicted molar refractivity (Wildman–Crippen MR) is 126 cm³/mol. The van der Waals surface area contributed by atoms with Crippen LogP contribution in [0, 0.1) is 41.5 Å². The third kappa shape index (κ3) is 4.12. The van der Waals surface area contributed by atoms with E-state index in [-0.39, 0.29) is 6.16 Å². The Bertz CT molecular complexity index is 1070. The van der Waals surface area contributed by atoms with Gasteiger partial charge in [-0.25, -0.2) is 0 Å². The highest BCUT2D eigenvalue weighted by molar-refractivity contribution is 7.94. The van der Waals surface area contributed by atoms with Crippen LogP contribution in [0.25, 0.3) is 0 Å². The summed E-state index contributed by atoms with van der Waals surface area (Å²) in [6, 6.07) is 9.45. The second kappa shape index (κ2) is 8.45. The number of carbonyl (C=O) groups excluding carboxylic acids is 2. The summed E-state index contributed by atoms with van der Waals surface area (Å²) in [6.07, 6.45) is -0.0479. The molecule has 5 heteroatoms. The molecule has 0 N–H and O–H groups in total. The van der Waals surface area contributed by atoms with E-state index >= 15 is 0 Å². The van der Waals surface area contributed by atoms with Gasteiger partial charge in [0.15, 0.2) is 0 Å². The summed E-state index contributed by atoms with van der Waals surface area (Å²) < 4.78 is 14.4. The molecule has 0 saturated carbocycles. The van der Waals surface area contributed by atoms with Gasteiger partial charge in [0.05, 0.1) is 0 Å². The van der Waals surface area contributed by atoms with Crippen LogP contribution >= 0.6 is 18.5 Å². The van der Waals surface area contributed by atoms with Gasteiger partial charge in [0.1, 0.15) is 0 Å². The van der Waals surface area contributed by atoms with E-state index in [1.807, 2.05) is 82.6 Å². The second-order valence-electron chi connectivity index (χ2n) is 8.19. The molecular weight excluding hydrogens is 411 g/mol. The normalized spacial score (nSPS) is 11.5. The van der Waals surface area contributed by atoms with E-state index in [9.17, 15) is 14.2 Å². The molecule has 30 heavy (non-hydrogen) atoms. The van der Waals surface area contributed by atoms with Crippen molar-refractivity contribution in [3.63, 3.8) is 0 Å². The minimum atomic E-state index is -3.94. The predicted octanol–water partition coefficient (Wildman–Crippen LogP) is 7.14. The van der Waals surface area contributed by atoms with Gasteiger partial charge in [-0.2, -0.15) is 11.3 Å². The first-order valence-electron chi connectivity index (χ1n) is 9.90. The second-order valence-corrected chi connectivity index (χ2v) is 11.6. The fourth-order valence-corrected chi connectivity index (χ4v) is 7.67. The lowest BCUT2D eigenvalue weighted by Crippen LogP contribution is -2.16. The fraction of sp³-hybridized carbons (Fsp3) is 0.280. The van der Waals surface area contributed by atoms with Gasteiger partial charge >= 0.3 is 0 Å². The highest BCUT2D eigenvalue weighted by Gasteiger charge is 2.43.